The molecule has 7 heteroatoms. The van der Waals surface area contributed by atoms with E-state index in [1.165, 1.54) is 11.8 Å². The monoisotopic (exact) mass is 484 g/mol. The summed E-state index contributed by atoms with van der Waals surface area (Å²) in [5, 5.41) is 5.41. The van der Waals surface area contributed by atoms with Crippen molar-refractivity contribution >= 4 is 50.9 Å². The summed E-state index contributed by atoms with van der Waals surface area (Å²) in [6.07, 6.45) is 0. The van der Waals surface area contributed by atoms with Crippen molar-refractivity contribution in [2.45, 2.75) is 17.1 Å². The van der Waals surface area contributed by atoms with Gasteiger partial charge >= 0.3 is 0 Å². The number of anilines is 2. The zero-order chi connectivity index (χ0) is 21.3. The number of nitrogens with one attached hydrogen (secondary N) is 2. The van der Waals surface area contributed by atoms with E-state index in [-0.39, 0.29) is 23.7 Å². The number of carbonyl (C=O) groups excluding carboxylic acids is 2. The lowest BCUT2D eigenvalue weighted by molar-refractivity contribution is -0.118. The second kappa shape index (κ2) is 10.8. The minimum Gasteiger partial charge on any atom is -0.484 e. The molecular formula is C23H21BrN2O3S. The number of ether oxygens (including phenoxy) is 1. The molecule has 1 unspecified atom stereocenters. The van der Waals surface area contributed by atoms with Crippen LogP contribution in [-0.4, -0.2) is 23.7 Å². The summed E-state index contributed by atoms with van der Waals surface area (Å²) in [5.74, 6) is 0.303. The zero-order valence-electron chi connectivity index (χ0n) is 16.3. The van der Waals surface area contributed by atoms with Crippen molar-refractivity contribution in [1.82, 2.24) is 0 Å². The van der Waals surface area contributed by atoms with Gasteiger partial charge in [0.15, 0.2) is 6.61 Å². The molecule has 0 bridgehead atoms. The molecule has 2 amide bonds. The highest BCUT2D eigenvalue weighted by Gasteiger charge is 2.15. The SMILES string of the molecule is CC(Sc1cccc(NC(=O)COc2ccccc2)c1)C(=O)Nc1ccc(Br)cc1. The van der Waals surface area contributed by atoms with Gasteiger partial charge in [0.1, 0.15) is 5.75 Å². The average molecular weight is 485 g/mol. The minimum atomic E-state index is -0.305. The molecule has 0 saturated carbocycles. The van der Waals surface area contributed by atoms with Gasteiger partial charge < -0.3 is 15.4 Å². The van der Waals surface area contributed by atoms with Crippen molar-refractivity contribution in [2.24, 2.45) is 0 Å². The van der Waals surface area contributed by atoms with Crippen LogP contribution in [0.15, 0.2) is 88.2 Å². The number of para-hydroxylation sites is 1. The molecule has 0 aliphatic carbocycles. The fourth-order valence-corrected chi connectivity index (χ4v) is 3.74. The van der Waals surface area contributed by atoms with Crippen LogP contribution < -0.4 is 15.4 Å². The third-order valence-corrected chi connectivity index (χ3v) is 5.65. The third-order valence-electron chi connectivity index (χ3n) is 4.02. The molecule has 3 aromatic rings. The molecular weight excluding hydrogens is 464 g/mol. The number of rotatable bonds is 8. The van der Waals surface area contributed by atoms with Crippen molar-refractivity contribution in [3.63, 3.8) is 0 Å². The number of halogens is 1. The Labute approximate surface area is 188 Å². The van der Waals surface area contributed by atoms with Gasteiger partial charge in [-0.25, -0.2) is 0 Å². The van der Waals surface area contributed by atoms with Crippen LogP contribution in [0.1, 0.15) is 6.92 Å². The van der Waals surface area contributed by atoms with E-state index in [1.807, 2.05) is 67.6 Å². The zero-order valence-corrected chi connectivity index (χ0v) is 18.7. The van der Waals surface area contributed by atoms with E-state index in [0.29, 0.717) is 11.4 Å². The van der Waals surface area contributed by atoms with Crippen LogP contribution >= 0.6 is 27.7 Å². The number of benzene rings is 3. The Balaban J connectivity index is 1.52. The van der Waals surface area contributed by atoms with Gasteiger partial charge in [0.25, 0.3) is 5.91 Å². The molecule has 0 fully saturated rings. The molecule has 3 rings (SSSR count). The van der Waals surface area contributed by atoms with E-state index in [4.69, 9.17) is 4.74 Å². The molecule has 5 nitrogen and oxygen atoms in total. The van der Waals surface area contributed by atoms with Crippen molar-refractivity contribution in [3.8, 4) is 5.75 Å². The molecule has 1 atom stereocenters. The summed E-state index contributed by atoms with van der Waals surface area (Å²) in [7, 11) is 0. The van der Waals surface area contributed by atoms with Crippen LogP contribution in [0.3, 0.4) is 0 Å². The molecule has 0 radical (unpaired) electrons. The van der Waals surface area contributed by atoms with E-state index in [9.17, 15) is 9.59 Å². The van der Waals surface area contributed by atoms with Crippen molar-refractivity contribution in [1.29, 1.82) is 0 Å². The second-order valence-corrected chi connectivity index (χ2v) is 8.76. The van der Waals surface area contributed by atoms with Crippen molar-refractivity contribution < 1.29 is 14.3 Å². The Morgan fingerprint density at radius 2 is 1.67 bits per heavy atom. The van der Waals surface area contributed by atoms with Gasteiger partial charge in [-0.05, 0) is 61.5 Å². The molecule has 0 spiro atoms. The third kappa shape index (κ3) is 6.93. The van der Waals surface area contributed by atoms with E-state index < -0.39 is 0 Å². The summed E-state index contributed by atoms with van der Waals surface area (Å²) in [6, 6.07) is 24.0. The topological polar surface area (TPSA) is 67.4 Å². The molecule has 2 N–H and O–H groups in total. The van der Waals surface area contributed by atoms with Crippen LogP contribution in [0.25, 0.3) is 0 Å². The summed E-state index contributed by atoms with van der Waals surface area (Å²) in [4.78, 5) is 25.5. The van der Waals surface area contributed by atoms with Crippen LogP contribution in [-0.2, 0) is 9.59 Å². The second-order valence-electron chi connectivity index (χ2n) is 6.43. The maximum absolute atomic E-state index is 12.5. The van der Waals surface area contributed by atoms with Crippen LogP contribution in [0, 0.1) is 0 Å². The van der Waals surface area contributed by atoms with Gasteiger partial charge in [0.2, 0.25) is 5.91 Å². The largest absolute Gasteiger partial charge is 0.484 e. The molecule has 0 aromatic heterocycles. The number of amides is 2. The predicted molar refractivity (Wildman–Crippen MR) is 125 cm³/mol. The summed E-state index contributed by atoms with van der Waals surface area (Å²) >= 11 is 4.80. The Bertz CT molecular complexity index is 997. The molecule has 0 aliphatic heterocycles. The van der Waals surface area contributed by atoms with Gasteiger partial charge in [-0.1, -0.05) is 40.2 Å². The maximum atomic E-state index is 12.5. The fraction of sp³-hybridized carbons (Fsp3) is 0.130. The van der Waals surface area contributed by atoms with Gasteiger partial charge in [-0.2, -0.15) is 0 Å². The Morgan fingerprint density at radius 1 is 0.933 bits per heavy atom. The van der Waals surface area contributed by atoms with E-state index in [1.54, 1.807) is 18.2 Å². The van der Waals surface area contributed by atoms with E-state index in [0.717, 1.165) is 15.1 Å². The van der Waals surface area contributed by atoms with E-state index >= 15 is 0 Å². The minimum absolute atomic E-state index is 0.0760. The summed E-state index contributed by atoms with van der Waals surface area (Å²) in [5.41, 5.74) is 1.40. The molecule has 0 aliphatic rings. The number of thioether (sulfide) groups is 1. The van der Waals surface area contributed by atoms with Gasteiger partial charge in [0.05, 0.1) is 5.25 Å². The molecule has 3 aromatic carbocycles. The fourth-order valence-electron chi connectivity index (χ4n) is 2.54. The lowest BCUT2D eigenvalue weighted by atomic mass is 10.3. The number of hydrogen-bond donors (Lipinski definition) is 2. The smallest absolute Gasteiger partial charge is 0.262 e. The number of hydrogen-bond acceptors (Lipinski definition) is 4. The lowest BCUT2D eigenvalue weighted by Gasteiger charge is -2.13. The molecule has 154 valence electrons. The average Bonchev–Trinajstić information content (AvgIpc) is 2.75. The molecule has 0 saturated heterocycles. The normalized spacial score (nSPS) is 11.4. The Hall–Kier alpha value is -2.77. The van der Waals surface area contributed by atoms with Crippen LogP contribution in [0.5, 0.6) is 5.75 Å². The number of carbonyl (C=O) groups is 2. The standard InChI is InChI=1S/C23H21BrN2O3S/c1-16(23(28)26-18-12-10-17(24)11-13-18)30-21-9-5-6-19(14-21)25-22(27)15-29-20-7-3-2-4-8-20/h2-14,16H,15H2,1H3,(H,25,27)(H,26,28). The highest BCUT2D eigenvalue weighted by Crippen LogP contribution is 2.27. The van der Waals surface area contributed by atoms with Crippen LogP contribution in [0.4, 0.5) is 11.4 Å². The van der Waals surface area contributed by atoms with E-state index in [2.05, 4.69) is 26.6 Å². The summed E-state index contributed by atoms with van der Waals surface area (Å²) < 4.78 is 6.41. The first-order valence-electron chi connectivity index (χ1n) is 9.30. The predicted octanol–water partition coefficient (Wildman–Crippen LogP) is 5.59. The molecule has 0 heterocycles. The first-order valence-corrected chi connectivity index (χ1v) is 11.0. The van der Waals surface area contributed by atoms with Crippen LogP contribution in [0.2, 0.25) is 0 Å². The first kappa shape index (κ1) is 21.9. The van der Waals surface area contributed by atoms with Crippen molar-refractivity contribution in [3.05, 3.63) is 83.3 Å². The maximum Gasteiger partial charge on any atom is 0.262 e. The van der Waals surface area contributed by atoms with Gasteiger partial charge in [-0.15, -0.1) is 11.8 Å². The van der Waals surface area contributed by atoms with Gasteiger partial charge in [-0.3, -0.25) is 9.59 Å². The highest BCUT2D eigenvalue weighted by atomic mass is 79.9. The van der Waals surface area contributed by atoms with Gasteiger partial charge in [0, 0.05) is 20.7 Å². The first-order chi connectivity index (χ1) is 14.5. The molecule has 30 heavy (non-hydrogen) atoms. The lowest BCUT2D eigenvalue weighted by Crippen LogP contribution is -2.22. The van der Waals surface area contributed by atoms with Crippen molar-refractivity contribution in [2.75, 3.05) is 17.2 Å². The highest BCUT2D eigenvalue weighted by molar-refractivity contribution is 9.10. The summed E-state index contributed by atoms with van der Waals surface area (Å²) in [6.45, 7) is 1.77. The Morgan fingerprint density at radius 3 is 2.40 bits per heavy atom. The quantitative estimate of drug-likeness (QED) is 0.409. The Kier molecular flexibility index (Phi) is 7.93.